The minimum Gasteiger partial charge on any atom is -0.301 e. The lowest BCUT2D eigenvalue weighted by Gasteiger charge is -2.62. The Morgan fingerprint density at radius 1 is 0.232 bits per heavy atom. The van der Waals surface area contributed by atoms with E-state index in [0.717, 1.165) is 71.6 Å². The van der Waals surface area contributed by atoms with E-state index in [4.69, 9.17) is 0 Å². The molecule has 9 fully saturated rings. The Labute approximate surface area is 431 Å². The molecule has 9 heteroatoms. The second-order valence-electron chi connectivity index (χ2n) is 28.2. The number of hydrogen-bond acceptors (Lipinski definition) is 9. The van der Waals surface area contributed by atoms with E-state index in [9.17, 15) is 0 Å². The third kappa shape index (κ3) is 16.1. The first-order valence-corrected chi connectivity index (χ1v) is 29.9. The standard InChI is InChI=1S/C14H27N.C13H26N2.C12H24N2.C11H22N2.C10H22N2/c1-11(2)13-9-14(10-13)5-7-15(8-6-14)12(3)4;1-11(2)14-7-5-13(6-8-14)9-15(10-13)12(3)4;1-10(2)13-6-5-12(7-13)8-14(9-12)11(3)4;1-9(2)12-5-11(6-12)7-13(8-11)10(3)4;1-9(2)11-5-7-12(8-6-11)10(3)4/h11-13H,5-10H2,1-4H3;11-12H,5-10H2,1-4H3;10-11H,5-9H2,1-4H3;9-10H,5-8H2,1-4H3;9-10H,5-8H2,1-4H3. The molecule has 0 aromatic carbocycles. The zero-order chi connectivity index (χ0) is 51.2. The van der Waals surface area contributed by atoms with Crippen LogP contribution in [0.5, 0.6) is 0 Å². The van der Waals surface area contributed by atoms with Crippen LogP contribution in [0, 0.1) is 33.5 Å². The van der Waals surface area contributed by atoms with Crippen molar-refractivity contribution in [3.63, 3.8) is 0 Å². The Kier molecular flexibility index (Phi) is 22.0. The minimum atomic E-state index is 0.675. The van der Waals surface area contributed by atoms with Gasteiger partial charge in [0.1, 0.15) is 0 Å². The second-order valence-corrected chi connectivity index (χ2v) is 28.2. The molecule has 4 spiro atoms. The monoisotopic (exact) mass is 968 g/mol. The third-order valence-electron chi connectivity index (χ3n) is 19.7. The van der Waals surface area contributed by atoms with Crippen molar-refractivity contribution in [2.24, 2.45) is 33.5 Å². The van der Waals surface area contributed by atoms with E-state index in [1.165, 1.54) is 163 Å². The molecule has 1 aliphatic carbocycles. The average molecular weight is 969 g/mol. The van der Waals surface area contributed by atoms with Crippen LogP contribution in [-0.2, 0) is 0 Å². The van der Waals surface area contributed by atoms with Crippen molar-refractivity contribution < 1.29 is 0 Å². The Balaban J connectivity index is 0.000000161. The van der Waals surface area contributed by atoms with Gasteiger partial charge in [0.25, 0.3) is 0 Å². The molecule has 0 unspecified atom stereocenters. The molecule has 8 saturated heterocycles. The summed E-state index contributed by atoms with van der Waals surface area (Å²) in [6.07, 6.45) is 10.3. The first-order valence-electron chi connectivity index (χ1n) is 29.9. The molecule has 69 heavy (non-hydrogen) atoms. The number of likely N-dealkylation sites (tertiary alicyclic amines) is 7. The molecule has 406 valence electrons. The molecule has 0 aromatic rings. The molecule has 1 saturated carbocycles. The summed E-state index contributed by atoms with van der Waals surface area (Å²) < 4.78 is 0. The van der Waals surface area contributed by atoms with Crippen LogP contribution in [0.4, 0.5) is 0 Å². The fourth-order valence-corrected chi connectivity index (χ4v) is 13.6. The van der Waals surface area contributed by atoms with Gasteiger partial charge in [-0.3, -0.25) is 29.4 Å². The topological polar surface area (TPSA) is 29.2 Å². The van der Waals surface area contributed by atoms with E-state index in [1.54, 1.807) is 0 Å². The summed E-state index contributed by atoms with van der Waals surface area (Å²) in [5.74, 6) is 1.95. The molecular formula is C60H121N9. The lowest BCUT2D eigenvalue weighted by molar-refractivity contribution is -0.135. The number of rotatable bonds is 10. The largest absolute Gasteiger partial charge is 0.301 e. The Bertz CT molecular complexity index is 1340. The number of piperidine rings is 2. The van der Waals surface area contributed by atoms with Gasteiger partial charge in [0.15, 0.2) is 0 Å². The van der Waals surface area contributed by atoms with Crippen molar-refractivity contribution in [1.82, 2.24) is 44.1 Å². The van der Waals surface area contributed by atoms with Crippen LogP contribution < -0.4 is 0 Å². The van der Waals surface area contributed by atoms with Crippen molar-refractivity contribution >= 4 is 0 Å². The summed E-state index contributed by atoms with van der Waals surface area (Å²) in [7, 11) is 0. The maximum absolute atomic E-state index is 2.65. The maximum atomic E-state index is 2.65. The van der Waals surface area contributed by atoms with Crippen LogP contribution in [0.3, 0.4) is 0 Å². The van der Waals surface area contributed by atoms with Crippen molar-refractivity contribution in [2.75, 3.05) is 118 Å². The summed E-state index contributed by atoms with van der Waals surface area (Å²) in [5, 5.41) is 0. The number of nitrogens with zero attached hydrogens (tertiary/aromatic N) is 9. The van der Waals surface area contributed by atoms with Gasteiger partial charge in [0.05, 0.1) is 0 Å². The summed E-state index contributed by atoms with van der Waals surface area (Å²) in [6, 6.07) is 6.66. The zero-order valence-electron chi connectivity index (χ0n) is 50.1. The molecule has 0 bridgehead atoms. The quantitative estimate of drug-likeness (QED) is 0.212. The highest BCUT2D eigenvalue weighted by Crippen LogP contribution is 2.55. The van der Waals surface area contributed by atoms with Crippen LogP contribution >= 0.6 is 0 Å². The molecule has 0 aromatic heterocycles. The molecule has 9 rings (SSSR count). The fourth-order valence-electron chi connectivity index (χ4n) is 13.6. The van der Waals surface area contributed by atoms with Gasteiger partial charge >= 0.3 is 0 Å². The van der Waals surface area contributed by atoms with E-state index in [0.29, 0.717) is 16.2 Å². The van der Waals surface area contributed by atoms with Gasteiger partial charge in [-0.1, -0.05) is 13.8 Å². The van der Waals surface area contributed by atoms with Crippen molar-refractivity contribution in [3.05, 3.63) is 0 Å². The van der Waals surface area contributed by atoms with Crippen LogP contribution in [0.1, 0.15) is 183 Å². The predicted molar refractivity (Wildman–Crippen MR) is 301 cm³/mol. The van der Waals surface area contributed by atoms with Gasteiger partial charge in [-0.05, 0) is 225 Å². The predicted octanol–water partition coefficient (Wildman–Crippen LogP) is 10.4. The van der Waals surface area contributed by atoms with E-state index in [2.05, 4.69) is 183 Å². The summed E-state index contributed by atoms with van der Waals surface area (Å²) in [5.41, 5.74) is 2.86. The molecule has 9 aliphatic rings. The zero-order valence-corrected chi connectivity index (χ0v) is 50.1. The molecule has 0 amide bonds. The van der Waals surface area contributed by atoms with Crippen LogP contribution in [-0.4, -0.2) is 216 Å². The van der Waals surface area contributed by atoms with Gasteiger partial charge in [-0.2, -0.15) is 0 Å². The normalized spacial score (nSPS) is 26.9. The molecule has 0 N–H and O–H groups in total. The highest BCUT2D eigenvalue weighted by molar-refractivity contribution is 5.07. The van der Waals surface area contributed by atoms with Crippen molar-refractivity contribution in [1.29, 1.82) is 0 Å². The Hall–Kier alpha value is -0.360. The molecule has 9 nitrogen and oxygen atoms in total. The number of piperazine rings is 1. The Morgan fingerprint density at radius 2 is 0.449 bits per heavy atom. The summed E-state index contributed by atoms with van der Waals surface area (Å²) >= 11 is 0. The van der Waals surface area contributed by atoms with Crippen molar-refractivity contribution in [2.45, 2.75) is 238 Å². The van der Waals surface area contributed by atoms with Gasteiger partial charge in [0, 0.05) is 150 Å². The smallest absolute Gasteiger partial charge is 0.0212 e. The first kappa shape index (κ1) is 59.5. The molecule has 0 atom stereocenters. The first-order chi connectivity index (χ1) is 32.2. The summed E-state index contributed by atoms with van der Waals surface area (Å²) in [6.45, 7) is 70.0. The highest BCUT2D eigenvalue weighted by Gasteiger charge is 2.53. The second kappa shape index (κ2) is 25.5. The molecule has 8 aliphatic heterocycles. The van der Waals surface area contributed by atoms with Crippen LogP contribution in [0.2, 0.25) is 0 Å². The van der Waals surface area contributed by atoms with E-state index in [-0.39, 0.29) is 0 Å². The Morgan fingerprint density at radius 3 is 0.725 bits per heavy atom. The van der Waals surface area contributed by atoms with E-state index in [1.807, 2.05) is 0 Å². The van der Waals surface area contributed by atoms with Gasteiger partial charge in [-0.15, -0.1) is 0 Å². The lowest BCUT2D eigenvalue weighted by Crippen LogP contribution is -2.73. The molecule has 8 heterocycles. The molecular weight excluding hydrogens is 847 g/mol. The van der Waals surface area contributed by atoms with Crippen LogP contribution in [0.25, 0.3) is 0 Å². The van der Waals surface area contributed by atoms with Crippen LogP contribution in [0.15, 0.2) is 0 Å². The maximum Gasteiger partial charge on any atom is 0.0212 e. The molecule has 0 radical (unpaired) electrons. The number of hydrogen-bond donors (Lipinski definition) is 0. The average Bonchev–Trinajstić information content (AvgIpc) is 3.68. The van der Waals surface area contributed by atoms with Crippen molar-refractivity contribution in [3.8, 4) is 0 Å². The van der Waals surface area contributed by atoms with Gasteiger partial charge < -0.3 is 14.7 Å². The van der Waals surface area contributed by atoms with Gasteiger partial charge in [0.2, 0.25) is 0 Å². The van der Waals surface area contributed by atoms with Gasteiger partial charge in [-0.25, -0.2) is 0 Å². The van der Waals surface area contributed by atoms with E-state index < -0.39 is 0 Å². The third-order valence-corrected chi connectivity index (χ3v) is 19.7. The van der Waals surface area contributed by atoms with E-state index >= 15 is 0 Å². The minimum absolute atomic E-state index is 0.675. The lowest BCUT2D eigenvalue weighted by atomic mass is 9.55. The fraction of sp³-hybridized carbons (Fsp3) is 1.00. The summed E-state index contributed by atoms with van der Waals surface area (Å²) in [4.78, 5) is 23.4. The SMILES string of the molecule is CC(C)C1CC2(CCN(C(C)C)CC2)C1.CC(C)N1CC2(C1)CN(C(C)C)C2.CC(C)N1CCC2(C1)CN(C(C)C)C2.CC(C)N1CCC2(CC1)CN(C(C)C)C2.CC(C)N1CCN(C(C)C)CC1. The highest BCUT2D eigenvalue weighted by atomic mass is 15.3.